The topological polar surface area (TPSA) is 87.7 Å². The van der Waals surface area contributed by atoms with Crippen molar-refractivity contribution in [2.45, 2.75) is 59.0 Å². The van der Waals surface area contributed by atoms with E-state index in [4.69, 9.17) is 4.74 Å². The van der Waals surface area contributed by atoms with Crippen molar-refractivity contribution in [1.29, 1.82) is 0 Å². The molecule has 7 heteroatoms. The minimum absolute atomic E-state index is 0.236. The molecular weight excluding hydrogens is 358 g/mol. The third-order valence-corrected chi connectivity index (χ3v) is 4.92. The molecule has 154 valence electrons. The molecule has 0 aromatic heterocycles. The number of nitrogens with zero attached hydrogens (tertiary/aromatic N) is 1. The summed E-state index contributed by atoms with van der Waals surface area (Å²) in [5.41, 5.74) is 5.93. The zero-order chi connectivity index (χ0) is 20.7. The number of carbonyl (C=O) groups is 3. The monoisotopic (exact) mass is 389 g/mol. The molecule has 0 atom stereocenters. The molecule has 2 rings (SSSR count). The van der Waals surface area contributed by atoms with Crippen molar-refractivity contribution in [3.05, 3.63) is 35.4 Å². The second-order valence-electron chi connectivity index (χ2n) is 7.95. The van der Waals surface area contributed by atoms with Crippen LogP contribution in [0.25, 0.3) is 0 Å². The van der Waals surface area contributed by atoms with Crippen LogP contribution in [0, 0.1) is 12.8 Å². The molecule has 1 fully saturated rings. The van der Waals surface area contributed by atoms with Crippen LogP contribution in [-0.4, -0.2) is 41.5 Å². The van der Waals surface area contributed by atoms with Crippen LogP contribution in [0.5, 0.6) is 0 Å². The minimum atomic E-state index is -0.486. The van der Waals surface area contributed by atoms with Gasteiger partial charge in [-0.3, -0.25) is 20.4 Å². The largest absolute Gasteiger partial charge is 0.443 e. The van der Waals surface area contributed by atoms with Crippen molar-refractivity contribution in [1.82, 2.24) is 15.8 Å². The van der Waals surface area contributed by atoms with Crippen molar-refractivity contribution >= 4 is 17.9 Å². The van der Waals surface area contributed by atoms with Crippen LogP contribution in [0.15, 0.2) is 24.3 Å². The first-order valence-corrected chi connectivity index (χ1v) is 9.86. The van der Waals surface area contributed by atoms with Gasteiger partial charge in [-0.1, -0.05) is 31.0 Å². The van der Waals surface area contributed by atoms with Gasteiger partial charge in [0.15, 0.2) is 0 Å². The second kappa shape index (κ2) is 9.57. The van der Waals surface area contributed by atoms with Gasteiger partial charge in [0.1, 0.15) is 5.60 Å². The van der Waals surface area contributed by atoms with E-state index in [1.54, 1.807) is 23.1 Å². The van der Waals surface area contributed by atoms with Crippen LogP contribution in [0.1, 0.15) is 62.4 Å². The Morgan fingerprint density at radius 2 is 1.86 bits per heavy atom. The number of amides is 3. The average Bonchev–Trinajstić information content (AvgIpc) is 2.65. The number of carbonyl (C=O) groups excluding carboxylic acids is 3. The lowest BCUT2D eigenvalue weighted by atomic mass is 9.96. The van der Waals surface area contributed by atoms with Gasteiger partial charge in [0.2, 0.25) is 5.91 Å². The molecule has 1 heterocycles. The number of hydrazine groups is 1. The third-order valence-electron chi connectivity index (χ3n) is 4.92. The minimum Gasteiger partial charge on any atom is -0.443 e. The van der Waals surface area contributed by atoms with Crippen LogP contribution < -0.4 is 10.9 Å². The van der Waals surface area contributed by atoms with Crippen LogP contribution >= 0.6 is 0 Å². The Kier molecular flexibility index (Phi) is 7.43. The molecule has 0 saturated carbocycles. The molecule has 0 aliphatic carbocycles. The fourth-order valence-corrected chi connectivity index (χ4v) is 3.36. The third kappa shape index (κ3) is 6.25. The van der Waals surface area contributed by atoms with E-state index in [1.165, 1.54) is 0 Å². The van der Waals surface area contributed by atoms with Gasteiger partial charge in [-0.05, 0) is 52.2 Å². The molecule has 0 radical (unpaired) electrons. The lowest BCUT2D eigenvalue weighted by Crippen LogP contribution is -2.49. The molecule has 2 N–H and O–H groups in total. The van der Waals surface area contributed by atoms with Crippen LogP contribution in [0.3, 0.4) is 0 Å². The lowest BCUT2D eigenvalue weighted by Gasteiger charge is -2.34. The number of benzene rings is 1. The number of rotatable bonds is 5. The molecule has 7 nitrogen and oxygen atoms in total. The first-order chi connectivity index (χ1) is 13.2. The zero-order valence-electron chi connectivity index (χ0n) is 17.2. The van der Waals surface area contributed by atoms with Gasteiger partial charge in [0.05, 0.1) is 0 Å². The summed E-state index contributed by atoms with van der Waals surface area (Å²) in [6.07, 6.45) is 2.49. The summed E-state index contributed by atoms with van der Waals surface area (Å²) in [5, 5.41) is 0. The highest BCUT2D eigenvalue weighted by atomic mass is 16.6. The quantitative estimate of drug-likeness (QED) is 0.757. The molecule has 1 saturated heterocycles. The van der Waals surface area contributed by atoms with E-state index in [1.807, 2.05) is 26.8 Å². The Morgan fingerprint density at radius 3 is 2.46 bits per heavy atom. The maximum absolute atomic E-state index is 12.3. The first-order valence-electron chi connectivity index (χ1n) is 9.86. The van der Waals surface area contributed by atoms with Gasteiger partial charge in [-0.15, -0.1) is 0 Å². The van der Waals surface area contributed by atoms with Crippen LogP contribution in [-0.2, 0) is 9.53 Å². The predicted molar refractivity (Wildman–Crippen MR) is 107 cm³/mol. The number of likely N-dealkylation sites (tertiary alicyclic amines) is 1. The van der Waals surface area contributed by atoms with Gasteiger partial charge < -0.3 is 9.64 Å². The van der Waals surface area contributed by atoms with E-state index in [-0.39, 0.29) is 23.8 Å². The van der Waals surface area contributed by atoms with E-state index in [2.05, 4.69) is 17.8 Å². The Bertz CT molecular complexity index is 709. The number of ether oxygens (including phenoxy) is 1. The van der Waals surface area contributed by atoms with E-state index in [9.17, 15) is 14.4 Å². The van der Waals surface area contributed by atoms with Crippen molar-refractivity contribution < 1.29 is 19.1 Å². The van der Waals surface area contributed by atoms with Gasteiger partial charge in [-0.25, -0.2) is 4.79 Å². The van der Waals surface area contributed by atoms with Crippen molar-refractivity contribution in [3.8, 4) is 0 Å². The van der Waals surface area contributed by atoms with Gasteiger partial charge in [0.25, 0.3) is 5.91 Å². The van der Waals surface area contributed by atoms with Crippen LogP contribution in [0.4, 0.5) is 4.79 Å². The van der Waals surface area contributed by atoms with Crippen molar-refractivity contribution in [3.63, 3.8) is 0 Å². The highest BCUT2D eigenvalue weighted by Gasteiger charge is 2.31. The summed E-state index contributed by atoms with van der Waals surface area (Å²) < 4.78 is 5.58. The molecule has 1 aromatic carbocycles. The van der Waals surface area contributed by atoms with Gasteiger partial charge >= 0.3 is 6.09 Å². The summed E-state index contributed by atoms with van der Waals surface area (Å²) in [5.74, 6) is -0.831. The number of nitrogens with one attached hydrogen (secondary N) is 2. The Hall–Kier alpha value is -2.57. The fraction of sp³-hybridized carbons (Fsp3) is 0.571. The first kappa shape index (κ1) is 21.7. The van der Waals surface area contributed by atoms with E-state index < -0.39 is 5.60 Å². The highest BCUT2D eigenvalue weighted by Crippen LogP contribution is 2.22. The normalized spacial score (nSPS) is 15.1. The fourth-order valence-electron chi connectivity index (χ4n) is 3.36. The van der Waals surface area contributed by atoms with E-state index in [0.717, 1.165) is 18.4 Å². The summed E-state index contributed by atoms with van der Waals surface area (Å²) in [4.78, 5) is 38.4. The number of hydrogen-bond donors (Lipinski definition) is 2. The molecule has 3 amide bonds. The van der Waals surface area contributed by atoms with Crippen LogP contribution in [0.2, 0.25) is 0 Å². The van der Waals surface area contributed by atoms with Crippen molar-refractivity contribution in [2.75, 3.05) is 13.1 Å². The summed E-state index contributed by atoms with van der Waals surface area (Å²) in [6, 6.07) is 7.14. The Labute approximate surface area is 166 Å². The van der Waals surface area contributed by atoms with Gasteiger partial charge in [-0.2, -0.15) is 0 Å². The molecular formula is C21H31N3O4. The Balaban J connectivity index is 1.77. The van der Waals surface area contributed by atoms with Gasteiger partial charge in [0, 0.05) is 24.6 Å². The summed E-state index contributed by atoms with van der Waals surface area (Å²) in [7, 11) is 0. The number of aryl methyl sites for hydroxylation is 1. The maximum Gasteiger partial charge on any atom is 0.410 e. The van der Waals surface area contributed by atoms with Crippen molar-refractivity contribution in [2.24, 2.45) is 5.92 Å². The molecule has 0 unspecified atom stereocenters. The summed E-state index contributed by atoms with van der Waals surface area (Å²) >= 11 is 0. The SMILES string of the molecule is CCCC(C)(C)OC(=O)N1CCC(C(=O)NNC(=O)c2cccc(C)c2)CC1. The predicted octanol–water partition coefficient (Wildman–Crippen LogP) is 3.18. The smallest absolute Gasteiger partial charge is 0.410 e. The molecule has 1 aliphatic heterocycles. The molecule has 28 heavy (non-hydrogen) atoms. The number of piperidine rings is 1. The van der Waals surface area contributed by atoms with E-state index >= 15 is 0 Å². The molecule has 1 aromatic rings. The standard InChI is InChI=1S/C21H31N3O4/c1-5-11-21(3,4)28-20(27)24-12-9-16(10-13-24)18(25)22-23-19(26)17-8-6-7-15(2)14-17/h6-8,14,16H,5,9-13H2,1-4H3,(H,22,25)(H,23,26). The van der Waals surface area contributed by atoms with E-state index in [0.29, 0.717) is 31.5 Å². The highest BCUT2D eigenvalue weighted by molar-refractivity contribution is 5.95. The number of hydrogen-bond acceptors (Lipinski definition) is 4. The molecule has 0 bridgehead atoms. The average molecular weight is 389 g/mol. The second-order valence-corrected chi connectivity index (χ2v) is 7.95. The lowest BCUT2D eigenvalue weighted by molar-refractivity contribution is -0.127. The summed E-state index contributed by atoms with van der Waals surface area (Å²) in [6.45, 7) is 8.70. The Morgan fingerprint density at radius 1 is 1.18 bits per heavy atom. The molecule has 0 spiro atoms. The zero-order valence-corrected chi connectivity index (χ0v) is 17.2. The maximum atomic E-state index is 12.3. The molecule has 1 aliphatic rings.